The Balaban J connectivity index is 2.03. The molecule has 1 aromatic heterocycles. The summed E-state index contributed by atoms with van der Waals surface area (Å²) in [6, 6.07) is 17.2. The minimum atomic E-state index is 1.12. The van der Waals surface area contributed by atoms with E-state index in [4.69, 9.17) is 0 Å². The highest BCUT2D eigenvalue weighted by Gasteiger charge is 2.14. The van der Waals surface area contributed by atoms with E-state index in [1.165, 1.54) is 33.3 Å². The minimum absolute atomic E-state index is 1.12. The standard InChI is InChI=1S/C18H15N/c1-2-7-13(8-3-1)14-10-6-11-16-15-9-4-5-12-17(15)19-18(14)16/h1-4,6-11,19H,5,12H2. The molecule has 0 saturated heterocycles. The smallest absolute Gasteiger partial charge is 0.0541 e. The van der Waals surface area contributed by atoms with Crippen LogP contribution in [0.4, 0.5) is 0 Å². The molecule has 0 spiro atoms. The maximum absolute atomic E-state index is 3.63. The van der Waals surface area contributed by atoms with Gasteiger partial charge in [0.15, 0.2) is 0 Å². The first-order valence-corrected chi connectivity index (χ1v) is 6.79. The zero-order valence-electron chi connectivity index (χ0n) is 10.7. The molecule has 0 bridgehead atoms. The Morgan fingerprint density at radius 3 is 2.68 bits per heavy atom. The molecule has 4 rings (SSSR count). The van der Waals surface area contributed by atoms with Crippen LogP contribution in [-0.2, 0) is 6.42 Å². The molecule has 0 unspecified atom stereocenters. The van der Waals surface area contributed by atoms with Crippen LogP contribution in [0.1, 0.15) is 17.7 Å². The molecule has 1 nitrogen and oxygen atoms in total. The number of allylic oxidation sites excluding steroid dienone is 1. The van der Waals surface area contributed by atoms with Gasteiger partial charge in [-0.15, -0.1) is 0 Å². The molecule has 92 valence electrons. The van der Waals surface area contributed by atoms with Gasteiger partial charge in [-0.1, -0.05) is 60.7 Å². The Labute approximate surface area is 112 Å². The van der Waals surface area contributed by atoms with Gasteiger partial charge in [-0.05, 0) is 18.4 Å². The lowest BCUT2D eigenvalue weighted by Crippen LogP contribution is -1.90. The summed E-state index contributed by atoms with van der Waals surface area (Å²) in [6.07, 6.45) is 6.78. The average molecular weight is 245 g/mol. The number of aromatic amines is 1. The average Bonchev–Trinajstić information content (AvgIpc) is 2.87. The van der Waals surface area contributed by atoms with Crippen LogP contribution in [0.3, 0.4) is 0 Å². The van der Waals surface area contributed by atoms with E-state index in [9.17, 15) is 0 Å². The SMILES string of the molecule is C1=Cc2c([nH]c3c(-c4ccccc4)cccc23)CC1. The normalized spacial score (nSPS) is 13.7. The molecule has 0 amide bonds. The van der Waals surface area contributed by atoms with Crippen molar-refractivity contribution in [2.24, 2.45) is 0 Å². The molecule has 2 aromatic carbocycles. The number of benzene rings is 2. The van der Waals surface area contributed by atoms with Crippen LogP contribution in [-0.4, -0.2) is 4.98 Å². The predicted molar refractivity (Wildman–Crippen MR) is 81.1 cm³/mol. The largest absolute Gasteiger partial charge is 0.357 e. The van der Waals surface area contributed by atoms with Crippen molar-refractivity contribution in [1.82, 2.24) is 4.98 Å². The van der Waals surface area contributed by atoms with Gasteiger partial charge >= 0.3 is 0 Å². The first-order chi connectivity index (χ1) is 9.43. The number of fused-ring (bicyclic) bond motifs is 3. The Hall–Kier alpha value is -2.28. The number of aromatic nitrogens is 1. The molecule has 1 heteroatoms. The van der Waals surface area contributed by atoms with E-state index in [-0.39, 0.29) is 0 Å². The lowest BCUT2D eigenvalue weighted by atomic mass is 9.99. The lowest BCUT2D eigenvalue weighted by molar-refractivity contribution is 0.951. The van der Waals surface area contributed by atoms with Crippen molar-refractivity contribution < 1.29 is 0 Å². The molecule has 19 heavy (non-hydrogen) atoms. The molecule has 1 N–H and O–H groups in total. The van der Waals surface area contributed by atoms with Gasteiger partial charge in [0.2, 0.25) is 0 Å². The summed E-state index contributed by atoms with van der Waals surface area (Å²) >= 11 is 0. The molecular weight excluding hydrogens is 230 g/mol. The molecule has 1 heterocycles. The van der Waals surface area contributed by atoms with Crippen molar-refractivity contribution in [3.63, 3.8) is 0 Å². The third-order valence-corrected chi connectivity index (χ3v) is 3.89. The Morgan fingerprint density at radius 1 is 0.895 bits per heavy atom. The van der Waals surface area contributed by atoms with Crippen LogP contribution in [0.5, 0.6) is 0 Å². The molecule has 0 radical (unpaired) electrons. The molecule has 1 aliphatic carbocycles. The zero-order valence-corrected chi connectivity index (χ0v) is 10.7. The van der Waals surface area contributed by atoms with Crippen LogP contribution in [0.15, 0.2) is 54.6 Å². The molecule has 3 aromatic rings. The number of para-hydroxylation sites is 1. The van der Waals surface area contributed by atoms with E-state index in [2.05, 4.69) is 65.7 Å². The van der Waals surface area contributed by atoms with Crippen LogP contribution >= 0.6 is 0 Å². The predicted octanol–water partition coefficient (Wildman–Crippen LogP) is 4.79. The van der Waals surface area contributed by atoms with E-state index >= 15 is 0 Å². The van der Waals surface area contributed by atoms with Crippen molar-refractivity contribution in [3.8, 4) is 11.1 Å². The second-order valence-corrected chi connectivity index (χ2v) is 5.05. The second-order valence-electron chi connectivity index (χ2n) is 5.05. The van der Waals surface area contributed by atoms with Crippen molar-refractivity contribution in [2.45, 2.75) is 12.8 Å². The number of hydrogen-bond acceptors (Lipinski definition) is 0. The van der Waals surface area contributed by atoms with Gasteiger partial charge in [0.1, 0.15) is 0 Å². The van der Waals surface area contributed by atoms with Gasteiger partial charge in [-0.25, -0.2) is 0 Å². The topological polar surface area (TPSA) is 15.8 Å². The van der Waals surface area contributed by atoms with Gasteiger partial charge < -0.3 is 4.98 Å². The maximum atomic E-state index is 3.63. The molecule has 0 saturated carbocycles. The van der Waals surface area contributed by atoms with Crippen molar-refractivity contribution in [3.05, 3.63) is 65.9 Å². The lowest BCUT2D eigenvalue weighted by Gasteiger charge is -2.03. The van der Waals surface area contributed by atoms with Gasteiger partial charge in [0.25, 0.3) is 0 Å². The maximum Gasteiger partial charge on any atom is 0.0541 e. The number of rotatable bonds is 1. The Kier molecular flexibility index (Phi) is 2.31. The van der Waals surface area contributed by atoms with E-state index < -0.39 is 0 Å². The third kappa shape index (κ3) is 1.62. The van der Waals surface area contributed by atoms with Crippen molar-refractivity contribution in [2.75, 3.05) is 0 Å². The fourth-order valence-corrected chi connectivity index (χ4v) is 2.97. The third-order valence-electron chi connectivity index (χ3n) is 3.89. The van der Waals surface area contributed by atoms with Crippen LogP contribution in [0.2, 0.25) is 0 Å². The molecular formula is C18H15N. The first-order valence-electron chi connectivity index (χ1n) is 6.79. The summed E-state index contributed by atoms with van der Waals surface area (Å²) in [4.78, 5) is 3.63. The van der Waals surface area contributed by atoms with Gasteiger partial charge in [-0.2, -0.15) is 0 Å². The van der Waals surface area contributed by atoms with E-state index in [1.807, 2.05) is 0 Å². The fraction of sp³-hybridized carbons (Fsp3) is 0.111. The molecule has 1 aliphatic rings. The highest BCUT2D eigenvalue weighted by atomic mass is 14.7. The van der Waals surface area contributed by atoms with Gasteiger partial charge in [0.05, 0.1) is 5.52 Å². The quantitative estimate of drug-likeness (QED) is 0.634. The summed E-state index contributed by atoms with van der Waals surface area (Å²) < 4.78 is 0. The zero-order chi connectivity index (χ0) is 12.7. The molecule has 0 aliphatic heterocycles. The fourth-order valence-electron chi connectivity index (χ4n) is 2.97. The van der Waals surface area contributed by atoms with Crippen LogP contribution in [0, 0.1) is 0 Å². The van der Waals surface area contributed by atoms with Crippen molar-refractivity contribution >= 4 is 17.0 Å². The van der Waals surface area contributed by atoms with Crippen LogP contribution in [0.25, 0.3) is 28.1 Å². The van der Waals surface area contributed by atoms with Crippen LogP contribution < -0.4 is 0 Å². The van der Waals surface area contributed by atoms with E-state index in [0.717, 1.165) is 12.8 Å². The Bertz CT molecular complexity index is 763. The summed E-state index contributed by atoms with van der Waals surface area (Å²) in [5.74, 6) is 0. The van der Waals surface area contributed by atoms with E-state index in [1.54, 1.807) is 0 Å². The summed E-state index contributed by atoms with van der Waals surface area (Å²) in [5, 5.41) is 1.34. The summed E-state index contributed by atoms with van der Waals surface area (Å²) in [5.41, 5.74) is 6.58. The first kappa shape index (κ1) is 10.6. The van der Waals surface area contributed by atoms with Crippen molar-refractivity contribution in [1.29, 1.82) is 0 Å². The highest BCUT2D eigenvalue weighted by Crippen LogP contribution is 2.34. The van der Waals surface area contributed by atoms with E-state index in [0.29, 0.717) is 0 Å². The number of hydrogen-bond donors (Lipinski definition) is 1. The Morgan fingerprint density at radius 2 is 1.79 bits per heavy atom. The summed E-state index contributed by atoms with van der Waals surface area (Å²) in [6.45, 7) is 0. The number of nitrogens with one attached hydrogen (secondary N) is 1. The minimum Gasteiger partial charge on any atom is -0.357 e. The summed E-state index contributed by atoms with van der Waals surface area (Å²) in [7, 11) is 0. The number of H-pyrrole nitrogens is 1. The molecule has 0 atom stereocenters. The second kappa shape index (κ2) is 4.13. The molecule has 0 fully saturated rings. The van der Waals surface area contributed by atoms with Gasteiger partial charge in [-0.3, -0.25) is 0 Å². The highest BCUT2D eigenvalue weighted by molar-refractivity contribution is 6.00. The van der Waals surface area contributed by atoms with Gasteiger partial charge in [0, 0.05) is 22.2 Å². The number of aryl methyl sites for hydroxylation is 1. The monoisotopic (exact) mass is 245 g/mol.